The third-order valence-electron chi connectivity index (χ3n) is 4.77. The zero-order valence-corrected chi connectivity index (χ0v) is 20.1. The molecule has 0 fully saturated rings. The van der Waals surface area contributed by atoms with Crippen LogP contribution in [0.4, 0.5) is 5.00 Å². The summed E-state index contributed by atoms with van der Waals surface area (Å²) in [4.78, 5) is 6.06. The molecule has 0 aromatic carbocycles. The van der Waals surface area contributed by atoms with Gasteiger partial charge in [0.05, 0.1) is 6.34 Å². The predicted octanol–water partition coefficient (Wildman–Crippen LogP) is 7.68. The Kier molecular flexibility index (Phi) is 10.4. The van der Waals surface area contributed by atoms with Crippen molar-refractivity contribution >= 4 is 45.8 Å². The van der Waals surface area contributed by atoms with Crippen molar-refractivity contribution < 1.29 is 0 Å². The first-order valence-corrected chi connectivity index (χ1v) is 11.8. The Labute approximate surface area is 196 Å². The van der Waals surface area contributed by atoms with Crippen LogP contribution in [-0.2, 0) is 0 Å². The Morgan fingerprint density at radius 1 is 1.29 bits per heavy atom. The summed E-state index contributed by atoms with van der Waals surface area (Å²) in [5.41, 5.74) is 11.3. The molecule has 0 unspecified atom stereocenters. The molecule has 0 bridgehead atoms. The van der Waals surface area contributed by atoms with E-state index in [1.165, 1.54) is 34.5 Å². The largest absolute Gasteiger partial charge is 0.390 e. The Bertz CT molecular complexity index is 955. The zero-order chi connectivity index (χ0) is 22.6. The first-order chi connectivity index (χ1) is 14.9. The number of allylic oxidation sites excluding steroid dienone is 9. The Morgan fingerprint density at radius 2 is 2.10 bits per heavy atom. The first kappa shape index (κ1) is 24.8. The van der Waals surface area contributed by atoms with Crippen LogP contribution in [0.25, 0.3) is 10.5 Å². The summed E-state index contributed by atoms with van der Waals surface area (Å²) >= 11 is 5.90. The molecule has 0 saturated heterocycles. The lowest BCUT2D eigenvalue weighted by Gasteiger charge is -2.14. The minimum Gasteiger partial charge on any atom is -0.390 e. The van der Waals surface area contributed by atoms with Gasteiger partial charge in [-0.05, 0) is 63.2 Å². The van der Waals surface area contributed by atoms with Crippen molar-refractivity contribution in [2.24, 2.45) is 10.7 Å². The highest BCUT2D eigenvalue weighted by Gasteiger charge is 2.12. The van der Waals surface area contributed by atoms with Crippen molar-refractivity contribution in [3.63, 3.8) is 0 Å². The topological polar surface area (TPSA) is 50.4 Å². The number of nitrogens with zero attached hydrogens (tertiary/aromatic N) is 1. The molecule has 5 heteroatoms. The molecule has 2 aliphatic rings. The van der Waals surface area contributed by atoms with E-state index in [-0.39, 0.29) is 0 Å². The van der Waals surface area contributed by atoms with E-state index in [9.17, 15) is 0 Å². The summed E-state index contributed by atoms with van der Waals surface area (Å²) in [5.74, 6) is 0. The van der Waals surface area contributed by atoms with Gasteiger partial charge < -0.3 is 11.1 Å². The lowest BCUT2D eigenvalue weighted by Crippen LogP contribution is -2.12. The molecule has 1 aromatic rings. The average Bonchev–Trinajstić information content (AvgIpc) is 3.18. The molecular weight excluding hydrogens is 418 g/mol. The molecule has 3 nitrogen and oxygen atoms in total. The van der Waals surface area contributed by atoms with Crippen LogP contribution < -0.4 is 11.1 Å². The van der Waals surface area contributed by atoms with Crippen LogP contribution in [0.3, 0.4) is 0 Å². The monoisotopic (exact) mass is 451 g/mol. The van der Waals surface area contributed by atoms with E-state index in [0.29, 0.717) is 4.91 Å². The normalized spacial score (nSPS) is 15.4. The number of thiophene rings is 1. The molecule has 0 amide bonds. The Hall–Kier alpha value is -2.50. The second-order valence-electron chi connectivity index (χ2n) is 7.44. The highest BCUT2D eigenvalue weighted by atomic mass is 32.1. The zero-order valence-electron chi connectivity index (χ0n) is 18.4. The number of aliphatic imine (C=N–C) groups is 1. The number of nitrogens with two attached hydrogens (primary N) is 1. The molecule has 3 N–H and O–H groups in total. The summed E-state index contributed by atoms with van der Waals surface area (Å²) < 4.78 is 0. The van der Waals surface area contributed by atoms with E-state index >= 15 is 0 Å². The van der Waals surface area contributed by atoms with Crippen LogP contribution in [0.1, 0.15) is 55.9 Å². The molecule has 31 heavy (non-hydrogen) atoms. The fourth-order valence-corrected chi connectivity index (χ4v) is 4.48. The minimum absolute atomic E-state index is 0.716. The van der Waals surface area contributed by atoms with E-state index < -0.39 is 0 Å². The molecule has 164 valence electrons. The maximum absolute atomic E-state index is 5.35. The van der Waals surface area contributed by atoms with Crippen molar-refractivity contribution in [1.29, 1.82) is 0 Å². The Balaban J connectivity index is 0.000000225. The molecule has 0 radical (unpaired) electrons. The van der Waals surface area contributed by atoms with Gasteiger partial charge in [-0.1, -0.05) is 49.1 Å². The summed E-state index contributed by atoms with van der Waals surface area (Å²) in [6, 6.07) is 2.07. The number of rotatable bonds is 8. The second-order valence-corrected chi connectivity index (χ2v) is 9.01. The summed E-state index contributed by atoms with van der Waals surface area (Å²) in [7, 11) is 0. The van der Waals surface area contributed by atoms with Gasteiger partial charge in [0.2, 0.25) is 0 Å². The van der Waals surface area contributed by atoms with E-state index in [1.807, 2.05) is 6.08 Å². The van der Waals surface area contributed by atoms with Crippen molar-refractivity contribution in [3.05, 3.63) is 89.7 Å². The fourth-order valence-electron chi connectivity index (χ4n) is 3.17. The van der Waals surface area contributed by atoms with Gasteiger partial charge in [-0.25, -0.2) is 4.99 Å². The van der Waals surface area contributed by atoms with E-state index in [1.54, 1.807) is 11.3 Å². The molecule has 0 aliphatic heterocycles. The molecule has 1 heterocycles. The van der Waals surface area contributed by atoms with Gasteiger partial charge >= 0.3 is 0 Å². The van der Waals surface area contributed by atoms with Gasteiger partial charge in [0.25, 0.3) is 0 Å². The van der Waals surface area contributed by atoms with Gasteiger partial charge in [0, 0.05) is 26.7 Å². The Morgan fingerprint density at radius 3 is 2.71 bits per heavy atom. The smallest absolute Gasteiger partial charge is 0.126 e. The molecule has 1 aromatic heterocycles. The van der Waals surface area contributed by atoms with E-state index in [2.05, 4.69) is 86.0 Å². The van der Waals surface area contributed by atoms with Gasteiger partial charge in [-0.15, -0.1) is 30.5 Å². The number of hydrogen-bond donors (Lipinski definition) is 3. The number of thiol groups is 1. The number of nitrogens with one attached hydrogen (secondary N) is 1. The van der Waals surface area contributed by atoms with Crippen molar-refractivity contribution in [2.75, 3.05) is 0 Å². The average molecular weight is 452 g/mol. The molecule has 2 aliphatic carbocycles. The maximum atomic E-state index is 5.35. The highest BCUT2D eigenvalue weighted by molar-refractivity contribution is 7.90. The lowest BCUT2D eigenvalue weighted by molar-refractivity contribution is 0.839. The first-order valence-electron chi connectivity index (χ1n) is 10.5. The minimum atomic E-state index is 0.716. The van der Waals surface area contributed by atoms with Crippen LogP contribution in [-0.4, -0.2) is 6.34 Å². The molecule has 0 saturated carbocycles. The third kappa shape index (κ3) is 8.27. The molecule has 3 rings (SSSR count). The highest BCUT2D eigenvalue weighted by Crippen LogP contribution is 2.40. The van der Waals surface area contributed by atoms with Gasteiger partial charge in [-0.3, -0.25) is 0 Å². The number of hydrogen-bond acceptors (Lipinski definition) is 4. The molecular formula is C26H33N3S2. The summed E-state index contributed by atoms with van der Waals surface area (Å²) in [6.07, 6.45) is 20.7. The van der Waals surface area contributed by atoms with Gasteiger partial charge in [-0.2, -0.15) is 0 Å². The van der Waals surface area contributed by atoms with Crippen molar-refractivity contribution in [3.8, 4) is 0 Å². The van der Waals surface area contributed by atoms with Crippen LogP contribution >= 0.6 is 24.0 Å². The van der Waals surface area contributed by atoms with Crippen molar-refractivity contribution in [2.45, 2.75) is 45.4 Å². The van der Waals surface area contributed by atoms with Crippen molar-refractivity contribution in [1.82, 2.24) is 5.32 Å². The van der Waals surface area contributed by atoms with Gasteiger partial charge in [0.1, 0.15) is 5.00 Å². The van der Waals surface area contributed by atoms with Crippen LogP contribution in [0.5, 0.6) is 0 Å². The summed E-state index contributed by atoms with van der Waals surface area (Å²) in [6.45, 7) is 13.7. The van der Waals surface area contributed by atoms with E-state index in [0.717, 1.165) is 48.4 Å². The van der Waals surface area contributed by atoms with Crippen LogP contribution in [0.2, 0.25) is 0 Å². The molecule has 0 spiro atoms. The summed E-state index contributed by atoms with van der Waals surface area (Å²) in [5, 5.41) is 4.19. The standard InChI is InChI=1S/C13H14N2S2.C13H19N/c1-9(16)11-7-12(17-13(11)15-8-14)10-5-3-2-4-6-10;1-4-5-8-12(3)14-13-9-6-7-11(2)10-13/h3,5-8,16H,1-2,4H2,(H2,14,15);4,9-10,14H,1,3,5-8H2,2H3. The lowest BCUT2D eigenvalue weighted by atomic mass is 10.0. The second kappa shape index (κ2) is 13.0. The third-order valence-corrected chi connectivity index (χ3v) is 6.10. The fraction of sp³-hybridized carbons (Fsp3) is 0.269. The van der Waals surface area contributed by atoms with Crippen LogP contribution in [0, 0.1) is 0 Å². The van der Waals surface area contributed by atoms with Gasteiger partial charge in [0.15, 0.2) is 0 Å². The maximum Gasteiger partial charge on any atom is 0.126 e. The van der Waals surface area contributed by atoms with E-state index in [4.69, 9.17) is 5.73 Å². The van der Waals surface area contributed by atoms with Crippen LogP contribution in [0.15, 0.2) is 84.2 Å². The molecule has 0 atom stereocenters. The quantitative estimate of drug-likeness (QED) is 0.164. The predicted molar refractivity (Wildman–Crippen MR) is 144 cm³/mol. The SMILES string of the molecule is C=C(S)c1cc(C2=CCCC=C2)sc1/N=C\N.C=CCCC(=C)NC1=CCCC(C)=C1.